The third-order valence-electron chi connectivity index (χ3n) is 4.67. The van der Waals surface area contributed by atoms with Crippen molar-refractivity contribution >= 4 is 16.8 Å². The predicted molar refractivity (Wildman–Crippen MR) is 108 cm³/mol. The number of carbonyl (C=O) groups excluding carboxylic acids is 1. The van der Waals surface area contributed by atoms with E-state index in [2.05, 4.69) is 22.4 Å². The summed E-state index contributed by atoms with van der Waals surface area (Å²) in [5, 5.41) is 3.54. The molecule has 140 valence electrons. The van der Waals surface area contributed by atoms with Crippen LogP contribution in [-0.4, -0.2) is 21.5 Å². The minimum Gasteiger partial charge on any atom is -0.352 e. The second-order valence-electron chi connectivity index (χ2n) is 6.78. The molecule has 0 aliphatic heterocycles. The summed E-state index contributed by atoms with van der Waals surface area (Å²) >= 11 is 0. The van der Waals surface area contributed by atoms with Gasteiger partial charge < -0.3 is 5.32 Å². The monoisotopic (exact) mass is 363 g/mol. The van der Waals surface area contributed by atoms with Crippen LogP contribution in [0.2, 0.25) is 0 Å². The van der Waals surface area contributed by atoms with Gasteiger partial charge in [-0.15, -0.1) is 0 Å². The highest BCUT2D eigenvalue weighted by atomic mass is 16.2. The lowest BCUT2D eigenvalue weighted by atomic mass is 10.1. The van der Waals surface area contributed by atoms with Gasteiger partial charge in [0, 0.05) is 12.5 Å². The maximum atomic E-state index is 12.8. The summed E-state index contributed by atoms with van der Waals surface area (Å²) in [6.45, 7) is 3.92. The van der Waals surface area contributed by atoms with Crippen molar-refractivity contribution in [1.82, 2.24) is 14.9 Å². The largest absolute Gasteiger partial charge is 0.352 e. The normalized spacial score (nSPS) is 12.1. The number of nitrogens with zero attached hydrogens (tertiary/aromatic N) is 2. The van der Waals surface area contributed by atoms with Crippen molar-refractivity contribution in [3.63, 3.8) is 0 Å². The van der Waals surface area contributed by atoms with Crippen molar-refractivity contribution in [3.05, 3.63) is 76.3 Å². The van der Waals surface area contributed by atoms with Crippen LogP contribution in [0.4, 0.5) is 0 Å². The molecule has 5 nitrogen and oxygen atoms in total. The summed E-state index contributed by atoms with van der Waals surface area (Å²) in [5.41, 5.74) is 1.76. The molecule has 5 heteroatoms. The first-order valence-electron chi connectivity index (χ1n) is 9.40. The summed E-state index contributed by atoms with van der Waals surface area (Å²) in [5.74, 6) is 0.468. The molecule has 0 aliphatic rings. The van der Waals surface area contributed by atoms with Crippen LogP contribution in [-0.2, 0) is 24.2 Å². The van der Waals surface area contributed by atoms with Crippen molar-refractivity contribution in [2.45, 2.75) is 45.7 Å². The minimum absolute atomic E-state index is 0.00445. The number of benzene rings is 2. The van der Waals surface area contributed by atoms with E-state index in [1.807, 2.05) is 50.2 Å². The number of para-hydroxylation sites is 1. The molecular weight excluding hydrogens is 338 g/mol. The topological polar surface area (TPSA) is 64.0 Å². The molecule has 0 saturated carbocycles. The van der Waals surface area contributed by atoms with Crippen LogP contribution in [0.5, 0.6) is 0 Å². The fourth-order valence-electron chi connectivity index (χ4n) is 3.21. The highest BCUT2D eigenvalue weighted by Gasteiger charge is 2.14. The van der Waals surface area contributed by atoms with E-state index in [-0.39, 0.29) is 24.1 Å². The number of aromatic nitrogens is 2. The lowest BCUT2D eigenvalue weighted by Gasteiger charge is -2.16. The smallest absolute Gasteiger partial charge is 0.261 e. The van der Waals surface area contributed by atoms with Crippen molar-refractivity contribution in [1.29, 1.82) is 0 Å². The van der Waals surface area contributed by atoms with Crippen molar-refractivity contribution in [2.24, 2.45) is 0 Å². The van der Waals surface area contributed by atoms with Gasteiger partial charge in [-0.3, -0.25) is 14.2 Å². The van der Waals surface area contributed by atoms with E-state index in [9.17, 15) is 9.59 Å². The number of rotatable bonds is 7. The molecule has 2 aromatic carbocycles. The predicted octanol–water partition coefficient (Wildman–Crippen LogP) is 3.10. The zero-order valence-corrected chi connectivity index (χ0v) is 15.8. The summed E-state index contributed by atoms with van der Waals surface area (Å²) in [4.78, 5) is 29.8. The van der Waals surface area contributed by atoms with E-state index in [0.29, 0.717) is 23.1 Å². The third kappa shape index (κ3) is 4.61. The number of hydrogen-bond donors (Lipinski definition) is 1. The molecule has 1 atom stereocenters. The van der Waals surface area contributed by atoms with Crippen LogP contribution in [0.3, 0.4) is 0 Å². The van der Waals surface area contributed by atoms with Crippen LogP contribution < -0.4 is 10.9 Å². The van der Waals surface area contributed by atoms with E-state index >= 15 is 0 Å². The molecule has 1 aromatic heterocycles. The second kappa shape index (κ2) is 8.62. The highest BCUT2D eigenvalue weighted by molar-refractivity contribution is 5.79. The standard InChI is InChI=1S/C22H25N3O2/c1-3-20-24-19-12-8-7-11-18(19)22(27)25(20)15-21(26)23-16(2)13-14-17-9-5-4-6-10-17/h4-12,16H,3,13-15H2,1-2H3,(H,23,26)/t16-/m1/s1. The van der Waals surface area contributed by atoms with Crippen molar-refractivity contribution in [2.75, 3.05) is 0 Å². The molecular formula is C22H25N3O2. The Morgan fingerprint density at radius 2 is 1.81 bits per heavy atom. The lowest BCUT2D eigenvalue weighted by molar-refractivity contribution is -0.122. The third-order valence-corrected chi connectivity index (χ3v) is 4.67. The Bertz CT molecular complexity index is 980. The first kappa shape index (κ1) is 18.8. The molecule has 0 spiro atoms. The molecule has 0 bridgehead atoms. The summed E-state index contributed by atoms with van der Waals surface area (Å²) in [7, 11) is 0. The Kier molecular flexibility index (Phi) is 6.01. The van der Waals surface area contributed by atoms with E-state index in [1.54, 1.807) is 6.07 Å². The van der Waals surface area contributed by atoms with E-state index in [1.165, 1.54) is 10.1 Å². The molecule has 0 saturated heterocycles. The Hall–Kier alpha value is -2.95. The van der Waals surface area contributed by atoms with Gasteiger partial charge >= 0.3 is 0 Å². The number of hydrogen-bond acceptors (Lipinski definition) is 3. The van der Waals surface area contributed by atoms with Gasteiger partial charge in [-0.05, 0) is 37.5 Å². The SMILES string of the molecule is CCc1nc2ccccc2c(=O)n1CC(=O)N[C@H](C)CCc1ccccc1. The number of carbonyl (C=O) groups is 1. The van der Waals surface area contributed by atoms with Crippen molar-refractivity contribution in [3.8, 4) is 0 Å². The molecule has 3 rings (SSSR count). The Labute approximate surface area is 159 Å². The average Bonchev–Trinajstić information content (AvgIpc) is 2.69. The molecule has 27 heavy (non-hydrogen) atoms. The minimum atomic E-state index is -0.163. The number of amides is 1. The first-order chi connectivity index (χ1) is 13.1. The Morgan fingerprint density at radius 1 is 1.11 bits per heavy atom. The number of nitrogens with one attached hydrogen (secondary N) is 1. The van der Waals surface area contributed by atoms with Gasteiger partial charge in [0.05, 0.1) is 10.9 Å². The van der Waals surface area contributed by atoms with E-state index < -0.39 is 0 Å². The van der Waals surface area contributed by atoms with Gasteiger partial charge in [0.2, 0.25) is 5.91 Å². The molecule has 0 fully saturated rings. The zero-order chi connectivity index (χ0) is 19.2. The maximum Gasteiger partial charge on any atom is 0.261 e. The van der Waals surface area contributed by atoms with Crippen LogP contribution in [0, 0.1) is 0 Å². The zero-order valence-electron chi connectivity index (χ0n) is 15.8. The van der Waals surface area contributed by atoms with Gasteiger partial charge in [0.25, 0.3) is 5.56 Å². The van der Waals surface area contributed by atoms with Crippen LogP contribution in [0.15, 0.2) is 59.4 Å². The molecule has 1 N–H and O–H groups in total. The van der Waals surface area contributed by atoms with Crippen LogP contribution in [0.25, 0.3) is 10.9 Å². The fourth-order valence-corrected chi connectivity index (χ4v) is 3.21. The average molecular weight is 363 g/mol. The first-order valence-corrected chi connectivity index (χ1v) is 9.40. The molecule has 0 radical (unpaired) electrons. The maximum absolute atomic E-state index is 12.8. The second-order valence-corrected chi connectivity index (χ2v) is 6.78. The number of aryl methyl sites for hydroxylation is 2. The van der Waals surface area contributed by atoms with E-state index in [4.69, 9.17) is 0 Å². The molecule has 1 amide bonds. The van der Waals surface area contributed by atoms with Gasteiger partial charge in [0.1, 0.15) is 12.4 Å². The summed E-state index contributed by atoms with van der Waals surface area (Å²) in [6, 6.07) is 17.5. The summed E-state index contributed by atoms with van der Waals surface area (Å²) < 4.78 is 1.49. The van der Waals surface area contributed by atoms with Crippen LogP contribution in [0.1, 0.15) is 31.7 Å². The Balaban J connectivity index is 1.68. The van der Waals surface area contributed by atoms with Crippen LogP contribution >= 0.6 is 0 Å². The van der Waals surface area contributed by atoms with Crippen molar-refractivity contribution < 1.29 is 4.79 Å². The lowest BCUT2D eigenvalue weighted by Crippen LogP contribution is -2.38. The molecule has 0 unspecified atom stereocenters. The Morgan fingerprint density at radius 3 is 2.56 bits per heavy atom. The molecule has 3 aromatic rings. The fraction of sp³-hybridized carbons (Fsp3) is 0.318. The summed E-state index contributed by atoms with van der Waals surface area (Å²) in [6.07, 6.45) is 2.35. The quantitative estimate of drug-likeness (QED) is 0.702. The molecule has 1 heterocycles. The van der Waals surface area contributed by atoms with Gasteiger partial charge in [-0.2, -0.15) is 0 Å². The number of fused-ring (bicyclic) bond motifs is 1. The van der Waals surface area contributed by atoms with Gasteiger partial charge in [0.15, 0.2) is 0 Å². The molecule has 0 aliphatic carbocycles. The highest BCUT2D eigenvalue weighted by Crippen LogP contribution is 2.09. The van der Waals surface area contributed by atoms with E-state index in [0.717, 1.165) is 12.8 Å². The van der Waals surface area contributed by atoms with Gasteiger partial charge in [-0.25, -0.2) is 4.98 Å². The van der Waals surface area contributed by atoms with Gasteiger partial charge in [-0.1, -0.05) is 49.4 Å².